The second kappa shape index (κ2) is 9.47. The van der Waals surface area contributed by atoms with Crippen molar-refractivity contribution in [3.63, 3.8) is 0 Å². The van der Waals surface area contributed by atoms with Gasteiger partial charge in [0.05, 0.1) is 6.21 Å². The largest absolute Gasteiger partial charge is 0.489 e. The van der Waals surface area contributed by atoms with Crippen LogP contribution in [0.1, 0.15) is 18.1 Å². The van der Waals surface area contributed by atoms with Gasteiger partial charge < -0.3 is 10.1 Å². The van der Waals surface area contributed by atoms with Crippen LogP contribution in [-0.4, -0.2) is 17.9 Å². The van der Waals surface area contributed by atoms with E-state index in [1.165, 1.54) is 0 Å². The van der Waals surface area contributed by atoms with E-state index in [-0.39, 0.29) is 0 Å². The van der Waals surface area contributed by atoms with E-state index in [0.29, 0.717) is 21.8 Å². The minimum Gasteiger partial charge on any atom is -0.489 e. The number of nitrogens with one attached hydrogen (secondary N) is 2. The number of nitrogens with zero attached hydrogens (tertiary/aromatic N) is 1. The molecule has 0 atom stereocenters. The molecule has 24 heavy (non-hydrogen) atoms. The zero-order valence-corrected chi connectivity index (χ0v) is 15.4. The third-order valence-electron chi connectivity index (χ3n) is 3.04. The monoisotopic (exact) mass is 381 g/mol. The molecule has 0 aliphatic heterocycles. The number of halogens is 2. The molecule has 0 bridgehead atoms. The highest BCUT2D eigenvalue weighted by Gasteiger charge is 2.06. The van der Waals surface area contributed by atoms with Crippen LogP contribution in [0.3, 0.4) is 0 Å². The van der Waals surface area contributed by atoms with E-state index in [2.05, 4.69) is 15.8 Å². The van der Waals surface area contributed by atoms with Crippen LogP contribution in [0.5, 0.6) is 5.75 Å². The van der Waals surface area contributed by atoms with Gasteiger partial charge in [0.15, 0.2) is 5.11 Å². The molecule has 2 rings (SSSR count). The lowest BCUT2D eigenvalue weighted by molar-refractivity contribution is 0.306. The summed E-state index contributed by atoms with van der Waals surface area (Å²) in [6.07, 6.45) is 1.68. The third-order valence-corrected chi connectivity index (χ3v) is 3.99. The van der Waals surface area contributed by atoms with E-state index in [9.17, 15) is 0 Å². The fraction of sp³-hybridized carbons (Fsp3) is 0.176. The van der Waals surface area contributed by atoms with Gasteiger partial charge in [-0.1, -0.05) is 29.3 Å². The summed E-state index contributed by atoms with van der Waals surface area (Å²) < 4.78 is 5.72. The molecule has 7 heteroatoms. The SMILES string of the molecule is CCNC(=S)N/N=C/c1ccc(OCc2c(Cl)cccc2Cl)cc1. The highest BCUT2D eigenvalue weighted by atomic mass is 35.5. The first-order valence-electron chi connectivity index (χ1n) is 7.32. The molecule has 126 valence electrons. The van der Waals surface area contributed by atoms with Gasteiger partial charge >= 0.3 is 0 Å². The summed E-state index contributed by atoms with van der Waals surface area (Å²) in [6, 6.07) is 12.9. The van der Waals surface area contributed by atoms with E-state index in [4.69, 9.17) is 40.2 Å². The fourth-order valence-corrected chi connectivity index (χ4v) is 2.54. The van der Waals surface area contributed by atoms with Gasteiger partial charge in [-0.3, -0.25) is 5.43 Å². The molecule has 0 spiro atoms. The zero-order chi connectivity index (χ0) is 17.4. The first kappa shape index (κ1) is 18.5. The lowest BCUT2D eigenvalue weighted by atomic mass is 10.2. The molecule has 0 amide bonds. The summed E-state index contributed by atoms with van der Waals surface area (Å²) in [6.45, 7) is 3.03. The number of ether oxygens (including phenoxy) is 1. The van der Waals surface area contributed by atoms with Crippen molar-refractivity contribution in [2.45, 2.75) is 13.5 Å². The summed E-state index contributed by atoms with van der Waals surface area (Å²) in [5, 5.41) is 8.67. The Morgan fingerprint density at radius 1 is 1.17 bits per heavy atom. The summed E-state index contributed by atoms with van der Waals surface area (Å²) in [5.41, 5.74) is 4.43. The molecule has 0 fully saturated rings. The average Bonchev–Trinajstić information content (AvgIpc) is 2.56. The second-order valence-corrected chi connectivity index (χ2v) is 6.01. The predicted octanol–water partition coefficient (Wildman–Crippen LogP) is 4.39. The van der Waals surface area contributed by atoms with Gasteiger partial charge in [-0.25, -0.2) is 0 Å². The highest BCUT2D eigenvalue weighted by molar-refractivity contribution is 7.80. The van der Waals surface area contributed by atoms with Gasteiger partial charge in [0, 0.05) is 22.2 Å². The minimum atomic E-state index is 0.310. The third kappa shape index (κ3) is 5.67. The minimum absolute atomic E-state index is 0.310. The molecule has 0 unspecified atom stereocenters. The Bertz CT molecular complexity index is 700. The Morgan fingerprint density at radius 3 is 2.46 bits per heavy atom. The molecule has 2 aromatic carbocycles. The molecule has 0 aliphatic carbocycles. The molecule has 0 radical (unpaired) electrons. The Kier molecular flexibility index (Phi) is 7.31. The van der Waals surface area contributed by atoms with Crippen LogP contribution in [-0.2, 0) is 6.61 Å². The van der Waals surface area contributed by atoms with Crippen molar-refractivity contribution in [1.82, 2.24) is 10.7 Å². The van der Waals surface area contributed by atoms with E-state index >= 15 is 0 Å². The average molecular weight is 382 g/mol. The quantitative estimate of drug-likeness (QED) is 0.442. The summed E-state index contributed by atoms with van der Waals surface area (Å²) in [4.78, 5) is 0. The maximum atomic E-state index is 6.12. The molecule has 0 heterocycles. The van der Waals surface area contributed by atoms with Crippen molar-refractivity contribution in [3.05, 3.63) is 63.6 Å². The van der Waals surface area contributed by atoms with Crippen molar-refractivity contribution >= 4 is 46.7 Å². The van der Waals surface area contributed by atoms with Crippen LogP contribution in [0.25, 0.3) is 0 Å². The van der Waals surface area contributed by atoms with Gasteiger partial charge in [0.2, 0.25) is 0 Å². The fourth-order valence-electron chi connectivity index (χ4n) is 1.84. The van der Waals surface area contributed by atoms with E-state index in [0.717, 1.165) is 23.4 Å². The molecular formula is C17H17Cl2N3OS. The van der Waals surface area contributed by atoms with Crippen molar-refractivity contribution < 1.29 is 4.74 Å². The molecule has 4 nitrogen and oxygen atoms in total. The van der Waals surface area contributed by atoms with E-state index in [1.54, 1.807) is 24.4 Å². The molecular weight excluding hydrogens is 365 g/mol. The molecule has 2 N–H and O–H groups in total. The van der Waals surface area contributed by atoms with Crippen LogP contribution < -0.4 is 15.5 Å². The number of hydrogen-bond acceptors (Lipinski definition) is 3. The summed E-state index contributed by atoms with van der Waals surface area (Å²) in [5.74, 6) is 0.722. The van der Waals surface area contributed by atoms with Crippen molar-refractivity contribution in [2.24, 2.45) is 5.10 Å². The maximum Gasteiger partial charge on any atom is 0.186 e. The number of thiocarbonyl (C=S) groups is 1. The Morgan fingerprint density at radius 2 is 1.83 bits per heavy atom. The van der Waals surface area contributed by atoms with Crippen LogP contribution in [0, 0.1) is 0 Å². The molecule has 0 aliphatic rings. The standard InChI is InChI=1S/C17H17Cl2N3OS/c1-2-20-17(24)22-21-10-12-6-8-13(9-7-12)23-11-14-15(18)4-3-5-16(14)19/h3-10H,2,11H2,1H3,(H2,20,22,24)/b21-10+. The molecule has 0 saturated carbocycles. The lowest BCUT2D eigenvalue weighted by Gasteiger charge is -2.09. The predicted molar refractivity (Wildman–Crippen MR) is 104 cm³/mol. The van der Waals surface area contributed by atoms with Crippen molar-refractivity contribution in [2.75, 3.05) is 6.54 Å². The Hall–Kier alpha value is -1.82. The van der Waals surface area contributed by atoms with Crippen molar-refractivity contribution in [3.8, 4) is 5.75 Å². The summed E-state index contributed by atoms with van der Waals surface area (Å²) >= 11 is 17.3. The Balaban J connectivity index is 1.90. The van der Waals surface area contributed by atoms with Gasteiger partial charge in [-0.05, 0) is 61.1 Å². The number of hydrazone groups is 1. The summed E-state index contributed by atoms with van der Waals surface area (Å²) in [7, 11) is 0. The van der Waals surface area contributed by atoms with Crippen LogP contribution in [0.4, 0.5) is 0 Å². The second-order valence-electron chi connectivity index (χ2n) is 4.79. The van der Waals surface area contributed by atoms with Crippen molar-refractivity contribution in [1.29, 1.82) is 0 Å². The van der Waals surface area contributed by atoms with Gasteiger partial charge in [-0.2, -0.15) is 5.10 Å². The van der Waals surface area contributed by atoms with E-state index in [1.807, 2.05) is 31.2 Å². The van der Waals surface area contributed by atoms with E-state index < -0.39 is 0 Å². The van der Waals surface area contributed by atoms with Gasteiger partial charge in [-0.15, -0.1) is 0 Å². The lowest BCUT2D eigenvalue weighted by Crippen LogP contribution is -2.31. The van der Waals surface area contributed by atoms with Crippen LogP contribution >= 0.6 is 35.4 Å². The van der Waals surface area contributed by atoms with Crippen LogP contribution in [0.2, 0.25) is 10.0 Å². The van der Waals surface area contributed by atoms with Gasteiger partial charge in [0.1, 0.15) is 12.4 Å². The molecule has 2 aromatic rings. The van der Waals surface area contributed by atoms with Gasteiger partial charge in [0.25, 0.3) is 0 Å². The number of benzene rings is 2. The Labute approximate surface area is 156 Å². The van der Waals surface area contributed by atoms with Crippen LogP contribution in [0.15, 0.2) is 47.6 Å². The zero-order valence-electron chi connectivity index (χ0n) is 13.1. The molecule has 0 aromatic heterocycles. The topological polar surface area (TPSA) is 45.7 Å². The smallest absolute Gasteiger partial charge is 0.186 e. The highest BCUT2D eigenvalue weighted by Crippen LogP contribution is 2.25. The normalized spacial score (nSPS) is 10.6. The number of hydrogen-bond donors (Lipinski definition) is 2. The number of rotatable bonds is 6. The maximum absolute atomic E-state index is 6.12. The molecule has 0 saturated heterocycles. The first-order chi connectivity index (χ1) is 11.6. The first-order valence-corrected chi connectivity index (χ1v) is 8.49.